The standard InChI is InChI=1S/C19H21NO/c1-19(2,16-11-7-4-8-12-16)13-18-20-17(14-21-18)15-9-5-3-6-10-15/h3-12,17H,13-14H2,1-2H3/t17-/m0/s1. The van der Waals surface area contributed by atoms with Gasteiger partial charge in [0.05, 0.1) is 0 Å². The predicted molar refractivity (Wildman–Crippen MR) is 86.7 cm³/mol. The molecule has 2 aromatic carbocycles. The molecule has 0 amide bonds. The quantitative estimate of drug-likeness (QED) is 0.806. The first kappa shape index (κ1) is 13.9. The first-order valence-electron chi connectivity index (χ1n) is 7.45. The Kier molecular flexibility index (Phi) is 3.78. The van der Waals surface area contributed by atoms with E-state index in [2.05, 4.69) is 68.4 Å². The Morgan fingerprint density at radius 1 is 1.00 bits per heavy atom. The highest BCUT2D eigenvalue weighted by molar-refractivity contribution is 5.79. The number of benzene rings is 2. The Bertz CT molecular complexity index is 617. The van der Waals surface area contributed by atoms with Crippen molar-refractivity contribution in [2.45, 2.75) is 31.7 Å². The van der Waals surface area contributed by atoms with Gasteiger partial charge in [-0.2, -0.15) is 0 Å². The second-order valence-electron chi connectivity index (χ2n) is 6.19. The van der Waals surface area contributed by atoms with Gasteiger partial charge in [0, 0.05) is 6.42 Å². The van der Waals surface area contributed by atoms with Gasteiger partial charge in [0.15, 0.2) is 5.90 Å². The van der Waals surface area contributed by atoms with Gasteiger partial charge in [-0.1, -0.05) is 74.5 Å². The average Bonchev–Trinajstić information content (AvgIpc) is 2.97. The first-order chi connectivity index (χ1) is 10.1. The van der Waals surface area contributed by atoms with Gasteiger partial charge in [-0.05, 0) is 16.5 Å². The van der Waals surface area contributed by atoms with Crippen LogP contribution in [0.1, 0.15) is 37.4 Å². The number of hydrogen-bond acceptors (Lipinski definition) is 2. The lowest BCUT2D eigenvalue weighted by molar-refractivity contribution is 0.303. The molecule has 1 aliphatic rings. The van der Waals surface area contributed by atoms with Gasteiger partial charge in [-0.25, -0.2) is 4.99 Å². The molecule has 0 N–H and O–H groups in total. The third kappa shape index (κ3) is 3.15. The fraction of sp³-hybridized carbons (Fsp3) is 0.316. The second-order valence-corrected chi connectivity index (χ2v) is 6.19. The molecule has 0 spiro atoms. The number of aliphatic imine (C=N–C) groups is 1. The molecular formula is C19H21NO. The van der Waals surface area contributed by atoms with E-state index in [-0.39, 0.29) is 11.5 Å². The van der Waals surface area contributed by atoms with Crippen molar-refractivity contribution in [3.63, 3.8) is 0 Å². The maximum Gasteiger partial charge on any atom is 0.184 e. The van der Waals surface area contributed by atoms with Crippen molar-refractivity contribution < 1.29 is 4.74 Å². The largest absolute Gasteiger partial charge is 0.478 e. The third-order valence-electron chi connectivity index (χ3n) is 4.04. The Hall–Kier alpha value is -2.09. The molecule has 108 valence electrons. The lowest BCUT2D eigenvalue weighted by atomic mass is 9.81. The monoisotopic (exact) mass is 279 g/mol. The molecule has 0 aromatic heterocycles. The Morgan fingerprint density at radius 3 is 2.29 bits per heavy atom. The van der Waals surface area contributed by atoms with Crippen molar-refractivity contribution >= 4 is 5.90 Å². The predicted octanol–water partition coefficient (Wildman–Crippen LogP) is 4.52. The molecule has 1 aliphatic heterocycles. The summed E-state index contributed by atoms with van der Waals surface area (Å²) in [6, 6.07) is 21.1. The van der Waals surface area contributed by atoms with Crippen molar-refractivity contribution in [1.82, 2.24) is 0 Å². The Labute approximate surface area is 126 Å². The molecule has 0 fully saturated rings. The molecule has 21 heavy (non-hydrogen) atoms. The fourth-order valence-electron chi connectivity index (χ4n) is 2.74. The number of rotatable bonds is 4. The van der Waals surface area contributed by atoms with Gasteiger partial charge in [0.1, 0.15) is 12.6 Å². The highest BCUT2D eigenvalue weighted by atomic mass is 16.5. The van der Waals surface area contributed by atoms with Crippen LogP contribution >= 0.6 is 0 Å². The van der Waals surface area contributed by atoms with Crippen molar-refractivity contribution in [2.24, 2.45) is 4.99 Å². The van der Waals surface area contributed by atoms with E-state index in [1.54, 1.807) is 0 Å². The van der Waals surface area contributed by atoms with E-state index in [4.69, 9.17) is 9.73 Å². The highest BCUT2D eigenvalue weighted by Gasteiger charge is 2.28. The Morgan fingerprint density at radius 2 is 1.62 bits per heavy atom. The number of nitrogens with zero attached hydrogens (tertiary/aromatic N) is 1. The highest BCUT2D eigenvalue weighted by Crippen LogP contribution is 2.31. The van der Waals surface area contributed by atoms with Crippen LogP contribution in [0.15, 0.2) is 65.7 Å². The van der Waals surface area contributed by atoms with Gasteiger partial charge in [0.25, 0.3) is 0 Å². The zero-order valence-corrected chi connectivity index (χ0v) is 12.6. The maximum absolute atomic E-state index is 5.83. The van der Waals surface area contributed by atoms with Crippen LogP contribution in [0.2, 0.25) is 0 Å². The number of hydrogen-bond donors (Lipinski definition) is 0. The second kappa shape index (κ2) is 5.72. The average molecular weight is 279 g/mol. The summed E-state index contributed by atoms with van der Waals surface area (Å²) in [6.45, 7) is 5.14. The lowest BCUT2D eigenvalue weighted by Gasteiger charge is -2.24. The molecule has 0 radical (unpaired) electrons. The summed E-state index contributed by atoms with van der Waals surface area (Å²) in [4.78, 5) is 4.76. The molecule has 0 saturated heterocycles. The normalized spacial score (nSPS) is 18.2. The molecule has 0 unspecified atom stereocenters. The minimum atomic E-state index is 0.0334. The van der Waals surface area contributed by atoms with Gasteiger partial charge < -0.3 is 4.74 Å². The van der Waals surface area contributed by atoms with Crippen LogP contribution < -0.4 is 0 Å². The zero-order chi connectivity index (χ0) is 14.7. The van der Waals surface area contributed by atoms with E-state index < -0.39 is 0 Å². The minimum Gasteiger partial charge on any atom is -0.478 e. The van der Waals surface area contributed by atoms with E-state index in [9.17, 15) is 0 Å². The smallest absolute Gasteiger partial charge is 0.184 e. The SMILES string of the molecule is CC(C)(CC1=N[C@H](c2ccccc2)CO1)c1ccccc1. The summed E-state index contributed by atoms with van der Waals surface area (Å²) in [5.41, 5.74) is 2.58. The van der Waals surface area contributed by atoms with E-state index in [0.29, 0.717) is 6.61 Å². The Balaban J connectivity index is 1.74. The van der Waals surface area contributed by atoms with E-state index in [1.807, 2.05) is 6.07 Å². The fourth-order valence-corrected chi connectivity index (χ4v) is 2.74. The van der Waals surface area contributed by atoms with Crippen LogP contribution in [0.4, 0.5) is 0 Å². The third-order valence-corrected chi connectivity index (χ3v) is 4.04. The van der Waals surface area contributed by atoms with Crippen LogP contribution in [0, 0.1) is 0 Å². The zero-order valence-electron chi connectivity index (χ0n) is 12.6. The van der Waals surface area contributed by atoms with Crippen LogP contribution in [-0.2, 0) is 10.2 Å². The van der Waals surface area contributed by atoms with Gasteiger partial charge in [-0.3, -0.25) is 0 Å². The van der Waals surface area contributed by atoms with Crippen LogP contribution in [-0.4, -0.2) is 12.5 Å². The molecule has 0 bridgehead atoms. The van der Waals surface area contributed by atoms with Gasteiger partial charge in [-0.15, -0.1) is 0 Å². The van der Waals surface area contributed by atoms with Crippen molar-refractivity contribution in [3.8, 4) is 0 Å². The molecule has 2 nitrogen and oxygen atoms in total. The van der Waals surface area contributed by atoms with Crippen LogP contribution in [0.25, 0.3) is 0 Å². The summed E-state index contributed by atoms with van der Waals surface area (Å²) in [6.07, 6.45) is 0.834. The molecule has 2 heteroatoms. The van der Waals surface area contributed by atoms with Crippen LogP contribution in [0.5, 0.6) is 0 Å². The van der Waals surface area contributed by atoms with Gasteiger partial charge >= 0.3 is 0 Å². The molecule has 1 heterocycles. The number of ether oxygens (including phenoxy) is 1. The minimum absolute atomic E-state index is 0.0334. The molecule has 0 saturated carbocycles. The molecule has 0 aliphatic carbocycles. The van der Waals surface area contributed by atoms with E-state index in [1.165, 1.54) is 11.1 Å². The summed E-state index contributed by atoms with van der Waals surface area (Å²) < 4.78 is 5.83. The van der Waals surface area contributed by atoms with Crippen molar-refractivity contribution in [2.75, 3.05) is 6.61 Å². The van der Waals surface area contributed by atoms with E-state index >= 15 is 0 Å². The van der Waals surface area contributed by atoms with E-state index in [0.717, 1.165) is 12.3 Å². The molecule has 2 aromatic rings. The lowest BCUT2D eigenvalue weighted by Crippen LogP contribution is -2.21. The first-order valence-corrected chi connectivity index (χ1v) is 7.45. The molecule has 3 rings (SSSR count). The maximum atomic E-state index is 5.83. The summed E-state index contributed by atoms with van der Waals surface area (Å²) in [5, 5.41) is 0. The summed E-state index contributed by atoms with van der Waals surface area (Å²) in [7, 11) is 0. The summed E-state index contributed by atoms with van der Waals surface area (Å²) >= 11 is 0. The van der Waals surface area contributed by atoms with Crippen molar-refractivity contribution in [1.29, 1.82) is 0 Å². The van der Waals surface area contributed by atoms with Crippen LogP contribution in [0.3, 0.4) is 0 Å². The molecular weight excluding hydrogens is 258 g/mol. The topological polar surface area (TPSA) is 21.6 Å². The van der Waals surface area contributed by atoms with Crippen molar-refractivity contribution in [3.05, 3.63) is 71.8 Å². The summed E-state index contributed by atoms with van der Waals surface area (Å²) in [5.74, 6) is 0.873. The van der Waals surface area contributed by atoms with Gasteiger partial charge in [0.2, 0.25) is 0 Å². The molecule has 1 atom stereocenters.